The van der Waals surface area contributed by atoms with Gasteiger partial charge in [-0.25, -0.2) is 0 Å². The van der Waals surface area contributed by atoms with Crippen LogP contribution in [0.2, 0.25) is 4.34 Å². The number of nitrogens with zero attached hydrogens (tertiary/aromatic N) is 2. The highest BCUT2D eigenvalue weighted by molar-refractivity contribution is 7.18. The summed E-state index contributed by atoms with van der Waals surface area (Å²) in [6, 6.07) is 6.83. The molecule has 7 nitrogen and oxygen atoms in total. The van der Waals surface area contributed by atoms with E-state index < -0.39 is 11.9 Å². The van der Waals surface area contributed by atoms with E-state index in [9.17, 15) is 9.59 Å². The first-order chi connectivity index (χ1) is 12.5. The van der Waals surface area contributed by atoms with Crippen LogP contribution in [0.15, 0.2) is 29.3 Å². The molecule has 0 bridgehead atoms. The number of hydrogen-bond donors (Lipinski definition) is 0. The normalized spacial score (nSPS) is 13.4. The molecule has 1 amide bonds. The van der Waals surface area contributed by atoms with E-state index in [1.807, 2.05) is 6.07 Å². The summed E-state index contributed by atoms with van der Waals surface area (Å²) in [5.74, 6) is 0.325. The third-order valence-electron chi connectivity index (χ3n) is 3.67. The molecule has 0 unspecified atom stereocenters. The molecule has 26 heavy (non-hydrogen) atoms. The van der Waals surface area contributed by atoms with E-state index in [-0.39, 0.29) is 13.3 Å². The maximum absolute atomic E-state index is 12.4. The molecule has 0 saturated heterocycles. The molecule has 0 atom stereocenters. The number of carbonyl (C=O) groups is 2. The summed E-state index contributed by atoms with van der Waals surface area (Å²) in [5.41, 5.74) is 0.709. The summed E-state index contributed by atoms with van der Waals surface area (Å²) >= 11 is 8.31. The topological polar surface area (TPSA) is 79.1 Å². The van der Waals surface area contributed by atoms with Crippen molar-refractivity contribution >= 4 is 56.4 Å². The lowest BCUT2D eigenvalue weighted by Crippen LogP contribution is -2.22. The van der Waals surface area contributed by atoms with Gasteiger partial charge in [0.25, 0.3) is 5.91 Å². The number of ether oxygens (including phenoxy) is 3. The predicted molar refractivity (Wildman–Crippen MR) is 97.2 cm³/mol. The van der Waals surface area contributed by atoms with Crippen LogP contribution in [0.5, 0.6) is 11.5 Å². The lowest BCUT2D eigenvalue weighted by atomic mass is 10.3. The number of amides is 1. The third kappa shape index (κ3) is 3.09. The molecule has 0 saturated carbocycles. The summed E-state index contributed by atoms with van der Waals surface area (Å²) in [7, 11) is 1.31. The first-order valence-electron chi connectivity index (χ1n) is 7.39. The van der Waals surface area contributed by atoms with Crippen LogP contribution in [0.25, 0.3) is 10.2 Å². The highest BCUT2D eigenvalue weighted by atomic mass is 35.5. The van der Waals surface area contributed by atoms with E-state index in [4.69, 9.17) is 25.8 Å². The number of esters is 1. The predicted octanol–water partition coefficient (Wildman–Crippen LogP) is 3.06. The van der Waals surface area contributed by atoms with E-state index in [0.717, 1.165) is 16.0 Å². The van der Waals surface area contributed by atoms with Gasteiger partial charge in [-0.3, -0.25) is 9.59 Å². The third-order valence-corrected chi connectivity index (χ3v) is 5.93. The zero-order valence-corrected chi connectivity index (χ0v) is 15.7. The number of thiophene rings is 1. The average Bonchev–Trinajstić information content (AvgIpc) is 3.32. The van der Waals surface area contributed by atoms with Gasteiger partial charge in [0.2, 0.25) is 6.79 Å². The molecule has 4 rings (SSSR count). The molecular formula is C16H11ClN2O5S2. The van der Waals surface area contributed by atoms with Crippen LogP contribution in [0, 0.1) is 0 Å². The van der Waals surface area contributed by atoms with E-state index in [1.165, 1.54) is 18.4 Å². The van der Waals surface area contributed by atoms with Crippen molar-refractivity contribution in [2.45, 2.75) is 6.54 Å². The van der Waals surface area contributed by atoms with Crippen molar-refractivity contribution in [2.24, 2.45) is 4.99 Å². The summed E-state index contributed by atoms with van der Waals surface area (Å²) in [6.07, 6.45) is 0. The number of rotatable bonds is 3. The number of hydrogen-bond acceptors (Lipinski definition) is 7. The van der Waals surface area contributed by atoms with E-state index in [2.05, 4.69) is 4.99 Å². The Kier molecular flexibility index (Phi) is 4.43. The van der Waals surface area contributed by atoms with Gasteiger partial charge in [0, 0.05) is 12.1 Å². The monoisotopic (exact) mass is 410 g/mol. The summed E-state index contributed by atoms with van der Waals surface area (Å²) < 4.78 is 18.5. The zero-order valence-electron chi connectivity index (χ0n) is 13.4. The zero-order chi connectivity index (χ0) is 18.3. The fraction of sp³-hybridized carbons (Fsp3) is 0.188. The first kappa shape index (κ1) is 17.1. The Hall–Kier alpha value is -2.36. The molecule has 0 spiro atoms. The largest absolute Gasteiger partial charge is 0.468 e. The molecule has 3 aromatic rings. The Labute approximate surface area is 160 Å². The Morgan fingerprint density at radius 2 is 2.04 bits per heavy atom. The van der Waals surface area contributed by atoms with E-state index in [1.54, 1.807) is 22.8 Å². The molecule has 3 heterocycles. The summed E-state index contributed by atoms with van der Waals surface area (Å²) in [6.45, 7) is 0.0753. The lowest BCUT2D eigenvalue weighted by Gasteiger charge is -2.04. The number of fused-ring (bicyclic) bond motifs is 2. The van der Waals surface area contributed by atoms with Crippen LogP contribution in [0.3, 0.4) is 0 Å². The van der Waals surface area contributed by atoms with Gasteiger partial charge in [0.05, 0.1) is 26.5 Å². The fourth-order valence-electron chi connectivity index (χ4n) is 2.46. The van der Waals surface area contributed by atoms with Gasteiger partial charge in [-0.15, -0.1) is 11.3 Å². The van der Waals surface area contributed by atoms with Crippen LogP contribution in [0.4, 0.5) is 0 Å². The van der Waals surface area contributed by atoms with Gasteiger partial charge in [-0.1, -0.05) is 22.9 Å². The smallest absolute Gasteiger partial charge is 0.325 e. The van der Waals surface area contributed by atoms with Crippen molar-refractivity contribution in [1.82, 2.24) is 4.57 Å². The Balaban J connectivity index is 1.87. The number of benzene rings is 1. The summed E-state index contributed by atoms with van der Waals surface area (Å²) in [5, 5.41) is 0. The van der Waals surface area contributed by atoms with Crippen LogP contribution in [-0.2, 0) is 16.1 Å². The first-order valence-corrected chi connectivity index (χ1v) is 9.40. The van der Waals surface area contributed by atoms with Crippen molar-refractivity contribution in [3.05, 3.63) is 38.3 Å². The quantitative estimate of drug-likeness (QED) is 0.620. The molecule has 0 radical (unpaired) electrons. The maximum Gasteiger partial charge on any atom is 0.325 e. The van der Waals surface area contributed by atoms with Crippen LogP contribution in [0.1, 0.15) is 9.67 Å². The van der Waals surface area contributed by atoms with Crippen LogP contribution in [-0.4, -0.2) is 30.3 Å². The molecule has 0 fully saturated rings. The SMILES string of the molecule is COC(=O)Cn1c(=NC(=O)c2ccc(Cl)s2)sc2cc3c(cc21)OCO3. The maximum atomic E-state index is 12.4. The molecular weight excluding hydrogens is 400 g/mol. The average molecular weight is 411 g/mol. The van der Waals surface area contributed by atoms with Gasteiger partial charge in [-0.05, 0) is 12.1 Å². The Morgan fingerprint density at radius 1 is 1.27 bits per heavy atom. The molecule has 1 aromatic carbocycles. The second-order valence-electron chi connectivity index (χ2n) is 5.24. The molecule has 0 N–H and O–H groups in total. The van der Waals surface area contributed by atoms with E-state index in [0.29, 0.717) is 31.0 Å². The van der Waals surface area contributed by atoms with E-state index >= 15 is 0 Å². The molecule has 1 aliphatic rings. The molecule has 10 heteroatoms. The lowest BCUT2D eigenvalue weighted by molar-refractivity contribution is -0.141. The number of carbonyl (C=O) groups excluding carboxylic acids is 2. The molecule has 1 aliphatic heterocycles. The number of methoxy groups -OCH3 is 1. The molecule has 134 valence electrons. The van der Waals surface area contributed by atoms with Crippen molar-refractivity contribution < 1.29 is 23.8 Å². The van der Waals surface area contributed by atoms with Gasteiger partial charge >= 0.3 is 5.97 Å². The van der Waals surface area contributed by atoms with Crippen LogP contribution >= 0.6 is 34.3 Å². The minimum absolute atomic E-state index is 0.0759. The van der Waals surface area contributed by atoms with Crippen LogP contribution < -0.4 is 14.3 Å². The molecule has 2 aromatic heterocycles. The van der Waals surface area contributed by atoms with Crippen molar-refractivity contribution in [3.8, 4) is 11.5 Å². The standard InChI is InChI=1S/C16H11ClN2O5S2/c1-22-14(20)6-19-8-4-9-10(24-7-23-9)5-12(8)26-16(19)18-15(21)11-2-3-13(17)25-11/h2-5H,6-7H2,1H3. The fourth-order valence-corrected chi connectivity index (χ4v) is 4.43. The number of thiazole rings is 1. The number of aromatic nitrogens is 1. The van der Waals surface area contributed by atoms with Gasteiger partial charge in [-0.2, -0.15) is 4.99 Å². The number of halogens is 1. The summed E-state index contributed by atoms with van der Waals surface area (Å²) in [4.78, 5) is 29.2. The molecule has 0 aliphatic carbocycles. The minimum atomic E-state index is -0.449. The van der Waals surface area contributed by atoms with Crippen molar-refractivity contribution in [1.29, 1.82) is 0 Å². The Bertz CT molecular complexity index is 1100. The second-order valence-corrected chi connectivity index (χ2v) is 7.97. The second kappa shape index (κ2) is 6.75. The minimum Gasteiger partial charge on any atom is -0.468 e. The Morgan fingerprint density at radius 3 is 2.73 bits per heavy atom. The van der Waals surface area contributed by atoms with Crippen molar-refractivity contribution in [3.63, 3.8) is 0 Å². The van der Waals surface area contributed by atoms with Gasteiger partial charge < -0.3 is 18.8 Å². The van der Waals surface area contributed by atoms with Crippen molar-refractivity contribution in [2.75, 3.05) is 13.9 Å². The van der Waals surface area contributed by atoms with Gasteiger partial charge in [0.15, 0.2) is 16.3 Å². The highest BCUT2D eigenvalue weighted by Crippen LogP contribution is 2.37. The highest BCUT2D eigenvalue weighted by Gasteiger charge is 2.19. The van der Waals surface area contributed by atoms with Gasteiger partial charge in [0.1, 0.15) is 6.54 Å².